The van der Waals surface area contributed by atoms with Gasteiger partial charge in [-0.25, -0.2) is 8.42 Å². The van der Waals surface area contributed by atoms with Gasteiger partial charge in [0.2, 0.25) is 15.9 Å². The number of amides is 1. The van der Waals surface area contributed by atoms with Gasteiger partial charge in [-0.15, -0.1) is 0 Å². The van der Waals surface area contributed by atoms with E-state index in [1.54, 1.807) is 13.8 Å². The van der Waals surface area contributed by atoms with Crippen molar-refractivity contribution in [1.29, 1.82) is 0 Å². The molecule has 19 heavy (non-hydrogen) atoms. The van der Waals surface area contributed by atoms with Gasteiger partial charge in [-0.3, -0.25) is 9.52 Å². The molecule has 1 unspecified atom stereocenters. The van der Waals surface area contributed by atoms with E-state index in [0.717, 1.165) is 11.3 Å². The second-order valence-electron chi connectivity index (χ2n) is 4.92. The normalized spacial score (nSPS) is 18.6. The van der Waals surface area contributed by atoms with Crippen LogP contribution in [0.1, 0.15) is 31.7 Å². The first kappa shape index (κ1) is 13.9. The van der Waals surface area contributed by atoms with E-state index in [2.05, 4.69) is 10.0 Å². The number of hydrogen-bond donors (Lipinski definition) is 2. The lowest BCUT2D eigenvalue weighted by Crippen LogP contribution is -2.40. The Hall–Kier alpha value is -1.56. The maximum absolute atomic E-state index is 12.2. The standard InChI is InChI=1S/C13H18N2O3S/c1-9(2)19(17,18)15-13(16)11-7-8-14-12-6-4-3-5-10(11)12/h3-6,9,11,14H,7-8H2,1-2H3,(H,15,16). The molecule has 0 saturated carbocycles. The van der Waals surface area contributed by atoms with E-state index in [-0.39, 0.29) is 0 Å². The van der Waals surface area contributed by atoms with Crippen LogP contribution in [0.4, 0.5) is 5.69 Å². The summed E-state index contributed by atoms with van der Waals surface area (Å²) < 4.78 is 25.7. The lowest BCUT2D eigenvalue weighted by atomic mass is 9.90. The van der Waals surface area contributed by atoms with E-state index in [4.69, 9.17) is 0 Å². The molecule has 1 amide bonds. The molecule has 1 atom stereocenters. The zero-order valence-electron chi connectivity index (χ0n) is 11.0. The minimum Gasteiger partial charge on any atom is -0.385 e. The maximum atomic E-state index is 12.2. The van der Waals surface area contributed by atoms with Crippen LogP contribution in [0.15, 0.2) is 24.3 Å². The molecule has 1 aromatic carbocycles. The summed E-state index contributed by atoms with van der Waals surface area (Å²) in [6.45, 7) is 3.76. The molecule has 1 aromatic rings. The van der Waals surface area contributed by atoms with Crippen LogP contribution in [0.5, 0.6) is 0 Å². The summed E-state index contributed by atoms with van der Waals surface area (Å²) in [6.07, 6.45) is 0.594. The minimum atomic E-state index is -3.57. The Morgan fingerprint density at radius 2 is 2.05 bits per heavy atom. The fraction of sp³-hybridized carbons (Fsp3) is 0.462. The zero-order valence-corrected chi connectivity index (χ0v) is 11.8. The van der Waals surface area contributed by atoms with E-state index >= 15 is 0 Å². The highest BCUT2D eigenvalue weighted by Gasteiger charge is 2.29. The highest BCUT2D eigenvalue weighted by molar-refractivity contribution is 7.90. The molecule has 0 aromatic heterocycles. The second kappa shape index (κ2) is 5.21. The number of carbonyl (C=O) groups is 1. The first-order chi connectivity index (χ1) is 8.92. The number of hydrogen-bond acceptors (Lipinski definition) is 4. The van der Waals surface area contributed by atoms with E-state index < -0.39 is 27.1 Å². The highest BCUT2D eigenvalue weighted by Crippen LogP contribution is 2.31. The molecule has 1 aliphatic rings. The summed E-state index contributed by atoms with van der Waals surface area (Å²) in [6, 6.07) is 7.49. The van der Waals surface area contributed by atoms with Crippen LogP contribution in [0.25, 0.3) is 0 Å². The van der Waals surface area contributed by atoms with Gasteiger partial charge in [0.05, 0.1) is 11.2 Å². The average molecular weight is 282 g/mol. The minimum absolute atomic E-state index is 0.411. The van der Waals surface area contributed by atoms with Crippen LogP contribution in [0.3, 0.4) is 0 Å². The summed E-state index contributed by atoms with van der Waals surface area (Å²) in [7, 11) is -3.57. The molecular formula is C13H18N2O3S. The number of para-hydroxylation sites is 1. The van der Waals surface area contributed by atoms with Gasteiger partial charge in [0, 0.05) is 12.2 Å². The Labute approximate surface area is 113 Å². The van der Waals surface area contributed by atoms with Gasteiger partial charge < -0.3 is 5.32 Å². The molecule has 0 bridgehead atoms. The van der Waals surface area contributed by atoms with Crippen LogP contribution < -0.4 is 10.0 Å². The number of sulfonamides is 1. The van der Waals surface area contributed by atoms with Crippen molar-refractivity contribution >= 4 is 21.6 Å². The van der Waals surface area contributed by atoms with Crippen molar-refractivity contribution in [2.75, 3.05) is 11.9 Å². The highest BCUT2D eigenvalue weighted by atomic mass is 32.2. The molecule has 0 fully saturated rings. The quantitative estimate of drug-likeness (QED) is 0.879. The van der Waals surface area contributed by atoms with Crippen molar-refractivity contribution in [2.24, 2.45) is 0 Å². The SMILES string of the molecule is CC(C)S(=O)(=O)NC(=O)C1CCNc2ccccc21. The third-order valence-corrected chi connectivity index (χ3v) is 4.99. The van der Waals surface area contributed by atoms with Crippen LogP contribution in [0.2, 0.25) is 0 Å². The molecule has 0 spiro atoms. The molecule has 104 valence electrons. The second-order valence-corrected chi connectivity index (χ2v) is 7.15. The molecule has 1 aliphatic heterocycles. The number of benzene rings is 1. The molecule has 6 heteroatoms. The first-order valence-electron chi connectivity index (χ1n) is 6.30. The van der Waals surface area contributed by atoms with Crippen LogP contribution in [-0.2, 0) is 14.8 Å². The van der Waals surface area contributed by atoms with E-state index in [9.17, 15) is 13.2 Å². The fourth-order valence-corrected chi connectivity index (χ4v) is 2.73. The lowest BCUT2D eigenvalue weighted by molar-refractivity contribution is -0.120. The van der Waals surface area contributed by atoms with Crippen molar-refractivity contribution in [2.45, 2.75) is 31.4 Å². The van der Waals surface area contributed by atoms with Gasteiger partial charge in [-0.1, -0.05) is 18.2 Å². The van der Waals surface area contributed by atoms with Gasteiger partial charge in [0.25, 0.3) is 0 Å². The summed E-state index contributed by atoms with van der Waals surface area (Å²) in [4.78, 5) is 12.2. The first-order valence-corrected chi connectivity index (χ1v) is 7.84. The molecule has 1 heterocycles. The van der Waals surface area contributed by atoms with Gasteiger partial charge in [-0.2, -0.15) is 0 Å². The van der Waals surface area contributed by atoms with Crippen LogP contribution >= 0.6 is 0 Å². The molecule has 2 rings (SSSR count). The number of anilines is 1. The fourth-order valence-electron chi connectivity index (χ4n) is 2.07. The third kappa shape index (κ3) is 2.89. The Balaban J connectivity index is 2.23. The van der Waals surface area contributed by atoms with E-state index in [0.29, 0.717) is 13.0 Å². The Morgan fingerprint density at radius 3 is 2.74 bits per heavy atom. The van der Waals surface area contributed by atoms with Crippen molar-refractivity contribution in [3.05, 3.63) is 29.8 Å². The number of nitrogens with one attached hydrogen (secondary N) is 2. The molecule has 2 N–H and O–H groups in total. The largest absolute Gasteiger partial charge is 0.385 e. The monoisotopic (exact) mass is 282 g/mol. The molecule has 0 radical (unpaired) electrons. The molecule has 5 nitrogen and oxygen atoms in total. The lowest BCUT2D eigenvalue weighted by Gasteiger charge is -2.26. The number of carbonyl (C=O) groups excluding carboxylic acids is 1. The van der Waals surface area contributed by atoms with Crippen LogP contribution in [-0.4, -0.2) is 26.1 Å². The van der Waals surface area contributed by atoms with Crippen molar-refractivity contribution in [3.8, 4) is 0 Å². The third-order valence-electron chi connectivity index (χ3n) is 3.26. The summed E-state index contributed by atoms with van der Waals surface area (Å²) in [5, 5.41) is 2.59. The van der Waals surface area contributed by atoms with Gasteiger partial charge in [-0.05, 0) is 31.9 Å². The van der Waals surface area contributed by atoms with Gasteiger partial charge in [0.1, 0.15) is 0 Å². The Kier molecular flexibility index (Phi) is 3.80. The van der Waals surface area contributed by atoms with E-state index in [1.807, 2.05) is 24.3 Å². The van der Waals surface area contributed by atoms with Crippen molar-refractivity contribution in [1.82, 2.24) is 4.72 Å². The zero-order chi connectivity index (χ0) is 14.0. The average Bonchev–Trinajstić information content (AvgIpc) is 2.37. The summed E-state index contributed by atoms with van der Waals surface area (Å²) in [5.74, 6) is -0.853. The van der Waals surface area contributed by atoms with Gasteiger partial charge >= 0.3 is 0 Å². The number of rotatable bonds is 3. The van der Waals surface area contributed by atoms with Crippen molar-refractivity contribution in [3.63, 3.8) is 0 Å². The molecule has 0 aliphatic carbocycles. The topological polar surface area (TPSA) is 75.3 Å². The predicted molar refractivity (Wildman–Crippen MR) is 74.5 cm³/mol. The number of fused-ring (bicyclic) bond motifs is 1. The smallest absolute Gasteiger partial charge is 0.241 e. The predicted octanol–water partition coefficient (Wildman–Crippen LogP) is 1.44. The van der Waals surface area contributed by atoms with E-state index in [1.165, 1.54) is 0 Å². The summed E-state index contributed by atoms with van der Waals surface area (Å²) in [5.41, 5.74) is 1.75. The van der Waals surface area contributed by atoms with Crippen LogP contribution in [0, 0.1) is 0 Å². The summed E-state index contributed by atoms with van der Waals surface area (Å²) >= 11 is 0. The maximum Gasteiger partial charge on any atom is 0.241 e. The van der Waals surface area contributed by atoms with Crippen molar-refractivity contribution < 1.29 is 13.2 Å². The molecule has 0 saturated heterocycles. The Morgan fingerprint density at radius 1 is 1.37 bits per heavy atom. The Bertz CT molecular complexity index is 581. The molecular weight excluding hydrogens is 264 g/mol. The van der Waals surface area contributed by atoms with Gasteiger partial charge in [0.15, 0.2) is 0 Å².